The number of piperidine rings is 1. The highest BCUT2D eigenvalue weighted by Gasteiger charge is 2.56. The molecule has 1 saturated heterocycles. The molecular formula is C30H44F3N3O10. The molecule has 1 fully saturated rings. The molecule has 1 aliphatic heterocycles. The first-order valence-electron chi connectivity index (χ1n) is 15.1. The summed E-state index contributed by atoms with van der Waals surface area (Å²) in [6, 6.07) is -1.37. The van der Waals surface area contributed by atoms with Crippen LogP contribution in [-0.4, -0.2) is 94.4 Å². The summed E-state index contributed by atoms with van der Waals surface area (Å²) in [5.74, 6) is -8.59. The number of carbonyl (C=O) groups is 4. The van der Waals surface area contributed by atoms with E-state index in [2.05, 4.69) is 0 Å². The number of nitro groups is 1. The van der Waals surface area contributed by atoms with Gasteiger partial charge in [0.15, 0.2) is 5.76 Å². The maximum absolute atomic E-state index is 14.7. The van der Waals surface area contributed by atoms with Gasteiger partial charge in [-0.25, -0.2) is 14.4 Å². The summed E-state index contributed by atoms with van der Waals surface area (Å²) in [5.41, 5.74) is -5.92. The summed E-state index contributed by atoms with van der Waals surface area (Å²) >= 11 is 0. The van der Waals surface area contributed by atoms with E-state index in [9.17, 15) is 42.5 Å². The molecule has 260 valence electrons. The van der Waals surface area contributed by atoms with Crippen molar-refractivity contribution in [3.8, 4) is 0 Å². The van der Waals surface area contributed by atoms with E-state index in [0.29, 0.717) is 19.4 Å². The molecule has 0 aromatic carbocycles. The minimum absolute atomic E-state index is 0.0191. The maximum atomic E-state index is 14.7. The highest BCUT2D eigenvalue weighted by molar-refractivity contribution is 6.03. The highest BCUT2D eigenvalue weighted by atomic mass is 19.4. The summed E-state index contributed by atoms with van der Waals surface area (Å²) in [6.07, 6.45) is -4.75. The van der Waals surface area contributed by atoms with Gasteiger partial charge in [-0.15, -0.1) is 0 Å². The molecule has 0 spiro atoms. The van der Waals surface area contributed by atoms with Crippen LogP contribution in [0.25, 0.3) is 0 Å². The van der Waals surface area contributed by atoms with Gasteiger partial charge in [0.05, 0.1) is 35.5 Å². The molecular weight excluding hydrogens is 619 g/mol. The van der Waals surface area contributed by atoms with Crippen molar-refractivity contribution < 1.29 is 56.2 Å². The van der Waals surface area contributed by atoms with Gasteiger partial charge in [0.1, 0.15) is 5.60 Å². The normalized spacial score (nSPS) is 20.9. The van der Waals surface area contributed by atoms with Crippen LogP contribution in [-0.2, 0) is 33.3 Å². The number of allylic oxidation sites excluding steroid dienone is 2. The van der Waals surface area contributed by atoms with Gasteiger partial charge >= 0.3 is 24.2 Å². The minimum atomic E-state index is -5.19. The molecule has 46 heavy (non-hydrogen) atoms. The Labute approximate surface area is 266 Å². The second-order valence-electron chi connectivity index (χ2n) is 12.5. The maximum Gasteiger partial charge on any atom is 0.413 e. The Kier molecular flexibility index (Phi) is 12.3. The predicted octanol–water partition coefficient (Wildman–Crippen LogP) is 4.77. The fraction of sp³-hybridized carbons (Fsp3) is 0.733. The first-order valence-corrected chi connectivity index (χ1v) is 15.1. The Bertz CT molecular complexity index is 1240. The molecule has 16 heteroatoms. The lowest BCUT2D eigenvalue weighted by atomic mass is 9.78. The van der Waals surface area contributed by atoms with Gasteiger partial charge in [0.25, 0.3) is 11.3 Å². The summed E-state index contributed by atoms with van der Waals surface area (Å²) in [7, 11) is 0. The molecule has 2 rings (SSSR count). The van der Waals surface area contributed by atoms with E-state index in [1.807, 2.05) is 0 Å². The number of esters is 2. The lowest BCUT2D eigenvalue weighted by Gasteiger charge is -2.44. The quantitative estimate of drug-likeness (QED) is 0.105. The van der Waals surface area contributed by atoms with E-state index in [0.717, 1.165) is 13.8 Å². The number of nitrogens with zero attached hydrogens (tertiary/aromatic N) is 3. The van der Waals surface area contributed by atoms with Crippen LogP contribution < -0.4 is 0 Å². The van der Waals surface area contributed by atoms with Crippen LogP contribution in [0.3, 0.4) is 0 Å². The van der Waals surface area contributed by atoms with E-state index in [1.54, 1.807) is 34.6 Å². The van der Waals surface area contributed by atoms with Gasteiger partial charge < -0.3 is 28.7 Å². The zero-order chi connectivity index (χ0) is 35.4. The van der Waals surface area contributed by atoms with Crippen LogP contribution in [0.2, 0.25) is 0 Å². The number of hydrogen-bond donors (Lipinski definition) is 0. The molecule has 0 bridgehead atoms. The summed E-state index contributed by atoms with van der Waals surface area (Å²) < 4.78 is 64.8. The van der Waals surface area contributed by atoms with Crippen LogP contribution in [0.15, 0.2) is 23.1 Å². The molecule has 0 saturated carbocycles. The van der Waals surface area contributed by atoms with Crippen LogP contribution in [0.4, 0.5) is 18.0 Å². The van der Waals surface area contributed by atoms with Crippen molar-refractivity contribution in [1.29, 1.82) is 0 Å². The molecule has 13 nitrogen and oxygen atoms in total. The number of alkyl halides is 3. The van der Waals surface area contributed by atoms with Gasteiger partial charge in [-0.2, -0.15) is 13.2 Å². The van der Waals surface area contributed by atoms with E-state index in [4.69, 9.17) is 18.9 Å². The SMILES string of the molecule is CCOC(=O)C(C)(OC1=C([N+](=O)[O-])C(C)C(C(=O)N(C(C)C)[C@@H]2CCCN(C(=O)OC(C)(C)C)C2)C(C(F)(F)F)=C1)C(=O)OCC. The third-order valence-electron chi connectivity index (χ3n) is 7.49. The smallest absolute Gasteiger partial charge is 0.413 e. The van der Waals surface area contributed by atoms with Gasteiger partial charge in [-0.3, -0.25) is 14.9 Å². The van der Waals surface area contributed by atoms with Gasteiger partial charge in [0, 0.05) is 25.2 Å². The van der Waals surface area contributed by atoms with E-state index < -0.39 is 87.2 Å². The average Bonchev–Trinajstić information content (AvgIpc) is 2.91. The lowest BCUT2D eigenvalue weighted by Crippen LogP contribution is -2.57. The molecule has 1 heterocycles. The zero-order valence-electron chi connectivity index (χ0n) is 27.7. The number of likely N-dealkylation sites (tertiary alicyclic amines) is 1. The van der Waals surface area contributed by atoms with Crippen molar-refractivity contribution in [2.24, 2.45) is 11.8 Å². The minimum Gasteiger partial charge on any atom is -0.463 e. The fourth-order valence-electron chi connectivity index (χ4n) is 5.51. The van der Waals surface area contributed by atoms with Crippen molar-refractivity contribution in [3.05, 3.63) is 33.2 Å². The Morgan fingerprint density at radius 1 is 1.07 bits per heavy atom. The van der Waals surface area contributed by atoms with Gasteiger partial charge in [-0.05, 0) is 74.3 Å². The van der Waals surface area contributed by atoms with Crippen LogP contribution in [0.1, 0.15) is 75.2 Å². The monoisotopic (exact) mass is 663 g/mol. The van der Waals surface area contributed by atoms with Gasteiger partial charge in [-0.1, -0.05) is 6.92 Å². The van der Waals surface area contributed by atoms with Crippen molar-refractivity contribution in [2.45, 2.75) is 105 Å². The molecule has 0 radical (unpaired) electrons. The summed E-state index contributed by atoms with van der Waals surface area (Å²) in [4.78, 5) is 66.5. The van der Waals surface area contributed by atoms with Crippen molar-refractivity contribution in [3.63, 3.8) is 0 Å². The third-order valence-corrected chi connectivity index (χ3v) is 7.49. The molecule has 3 atom stereocenters. The average molecular weight is 664 g/mol. The molecule has 0 aromatic rings. The summed E-state index contributed by atoms with van der Waals surface area (Å²) in [5, 5.41) is 12.4. The topological polar surface area (TPSA) is 155 Å². The van der Waals surface area contributed by atoms with Crippen molar-refractivity contribution in [2.75, 3.05) is 26.3 Å². The summed E-state index contributed by atoms with van der Waals surface area (Å²) in [6.45, 7) is 12.8. The van der Waals surface area contributed by atoms with E-state index >= 15 is 0 Å². The lowest BCUT2D eigenvalue weighted by molar-refractivity contribution is -0.438. The number of hydrogen-bond acceptors (Lipinski definition) is 10. The number of ether oxygens (including phenoxy) is 4. The fourth-order valence-corrected chi connectivity index (χ4v) is 5.51. The van der Waals surface area contributed by atoms with E-state index in [1.165, 1.54) is 23.6 Å². The Morgan fingerprint density at radius 2 is 1.61 bits per heavy atom. The highest BCUT2D eigenvalue weighted by Crippen LogP contribution is 2.45. The first kappa shape index (κ1) is 38.3. The number of halogens is 3. The molecule has 2 amide bonds. The second-order valence-corrected chi connectivity index (χ2v) is 12.5. The molecule has 0 aromatic heterocycles. The standard InChI is InChI=1S/C30H44F3N3O10/c1-10-43-25(38)29(9,26(39)44-11-2)45-21-15-20(30(31,32)33)22(18(5)23(21)36(41)42)24(37)35(17(3)4)19-13-12-14-34(16-19)27(40)46-28(6,7)8/h15,17-19,22H,10-14,16H2,1-9H3/t18?,19-,22?/m1/s1. The second kappa shape index (κ2) is 14.7. The first-order chi connectivity index (χ1) is 21.1. The number of amides is 2. The Hall–Kier alpha value is -3.85. The Balaban J connectivity index is 2.64. The van der Waals surface area contributed by atoms with Crippen molar-refractivity contribution >= 4 is 23.9 Å². The van der Waals surface area contributed by atoms with Crippen molar-refractivity contribution in [1.82, 2.24) is 9.80 Å². The molecule has 2 unspecified atom stereocenters. The molecule has 2 aliphatic rings. The molecule has 0 N–H and O–H groups in total. The van der Waals surface area contributed by atoms with Crippen LogP contribution in [0.5, 0.6) is 0 Å². The number of carbonyl (C=O) groups excluding carboxylic acids is 4. The largest absolute Gasteiger partial charge is 0.463 e. The van der Waals surface area contributed by atoms with Gasteiger partial charge in [0.2, 0.25) is 5.91 Å². The Morgan fingerprint density at radius 3 is 2.04 bits per heavy atom. The van der Waals surface area contributed by atoms with Crippen LogP contribution >= 0.6 is 0 Å². The van der Waals surface area contributed by atoms with Crippen LogP contribution in [0, 0.1) is 22.0 Å². The third kappa shape index (κ3) is 8.69. The molecule has 1 aliphatic carbocycles. The zero-order valence-corrected chi connectivity index (χ0v) is 27.7. The number of rotatable bonds is 10. The van der Waals surface area contributed by atoms with E-state index in [-0.39, 0.29) is 25.8 Å². The predicted molar refractivity (Wildman–Crippen MR) is 156 cm³/mol.